The molecule has 88 valence electrons. The molecule has 1 spiro atoms. The Hall–Kier alpha value is -0.0800. The molecular formula is C13H26N2. The van der Waals surface area contributed by atoms with E-state index >= 15 is 0 Å². The highest BCUT2D eigenvalue weighted by atomic mass is 15.2. The maximum absolute atomic E-state index is 2.75. The van der Waals surface area contributed by atoms with Crippen LogP contribution in [-0.4, -0.2) is 49.1 Å². The fraction of sp³-hybridized carbons (Fsp3) is 1.00. The molecule has 0 aromatic carbocycles. The zero-order valence-corrected chi connectivity index (χ0v) is 10.6. The van der Waals surface area contributed by atoms with Crippen molar-refractivity contribution < 1.29 is 0 Å². The lowest BCUT2D eigenvalue weighted by atomic mass is 9.86. The molecule has 2 rings (SSSR count). The fourth-order valence-electron chi connectivity index (χ4n) is 3.58. The maximum Gasteiger partial charge on any atom is 0.00902 e. The Morgan fingerprint density at radius 2 is 1.73 bits per heavy atom. The first-order valence-corrected chi connectivity index (χ1v) is 6.62. The Kier molecular flexibility index (Phi) is 3.36. The molecule has 2 heteroatoms. The minimum Gasteiger partial charge on any atom is -0.306 e. The van der Waals surface area contributed by atoms with Gasteiger partial charge in [-0.15, -0.1) is 0 Å². The van der Waals surface area contributed by atoms with Gasteiger partial charge in [-0.3, -0.25) is 4.90 Å². The van der Waals surface area contributed by atoms with Crippen molar-refractivity contribution in [3.05, 3.63) is 0 Å². The summed E-state index contributed by atoms with van der Waals surface area (Å²) in [7, 11) is 2.27. The van der Waals surface area contributed by atoms with Crippen molar-refractivity contribution in [1.29, 1.82) is 0 Å². The van der Waals surface area contributed by atoms with Crippen LogP contribution < -0.4 is 0 Å². The molecule has 1 unspecified atom stereocenters. The third-order valence-corrected chi connectivity index (χ3v) is 4.56. The summed E-state index contributed by atoms with van der Waals surface area (Å²) >= 11 is 0. The second-order valence-electron chi connectivity index (χ2n) is 5.68. The quantitative estimate of drug-likeness (QED) is 0.704. The number of hydrogen-bond donors (Lipinski definition) is 0. The first-order valence-electron chi connectivity index (χ1n) is 6.62. The molecule has 15 heavy (non-hydrogen) atoms. The summed E-state index contributed by atoms with van der Waals surface area (Å²) in [6, 6.07) is 0.843. The van der Waals surface area contributed by atoms with Crippen LogP contribution >= 0.6 is 0 Å². The van der Waals surface area contributed by atoms with Crippen LogP contribution in [0, 0.1) is 5.41 Å². The molecule has 2 heterocycles. The molecular weight excluding hydrogens is 184 g/mol. The van der Waals surface area contributed by atoms with Crippen LogP contribution in [0.1, 0.15) is 39.5 Å². The van der Waals surface area contributed by atoms with Gasteiger partial charge in [-0.05, 0) is 51.2 Å². The minimum absolute atomic E-state index is 0.664. The number of nitrogens with zero attached hydrogens (tertiary/aromatic N) is 2. The molecule has 2 saturated heterocycles. The van der Waals surface area contributed by atoms with Gasteiger partial charge in [0, 0.05) is 19.1 Å². The number of hydrogen-bond acceptors (Lipinski definition) is 2. The smallest absolute Gasteiger partial charge is 0.00902 e. The first kappa shape index (κ1) is 11.4. The SMILES string of the molecule is CCC(CC)N1CCC2(CCN(C)C2)C1. The van der Waals surface area contributed by atoms with E-state index in [1.165, 1.54) is 51.9 Å². The van der Waals surface area contributed by atoms with Crippen molar-refractivity contribution in [3.63, 3.8) is 0 Å². The molecule has 1 atom stereocenters. The Morgan fingerprint density at radius 1 is 1.07 bits per heavy atom. The largest absolute Gasteiger partial charge is 0.306 e. The van der Waals surface area contributed by atoms with E-state index in [4.69, 9.17) is 0 Å². The monoisotopic (exact) mass is 210 g/mol. The van der Waals surface area contributed by atoms with Crippen LogP contribution in [0.2, 0.25) is 0 Å². The van der Waals surface area contributed by atoms with Gasteiger partial charge in [0.25, 0.3) is 0 Å². The summed E-state index contributed by atoms with van der Waals surface area (Å²) in [6.07, 6.45) is 5.51. The third kappa shape index (κ3) is 2.21. The highest BCUT2D eigenvalue weighted by Crippen LogP contribution is 2.40. The second kappa shape index (κ2) is 4.42. The Morgan fingerprint density at radius 3 is 2.27 bits per heavy atom. The summed E-state index contributed by atoms with van der Waals surface area (Å²) in [5, 5.41) is 0. The first-order chi connectivity index (χ1) is 7.19. The summed E-state index contributed by atoms with van der Waals surface area (Å²) in [5.41, 5.74) is 0.664. The second-order valence-corrected chi connectivity index (χ2v) is 5.68. The van der Waals surface area contributed by atoms with Gasteiger partial charge in [-0.25, -0.2) is 0 Å². The van der Waals surface area contributed by atoms with Gasteiger partial charge in [-0.1, -0.05) is 13.8 Å². The van der Waals surface area contributed by atoms with Gasteiger partial charge in [0.2, 0.25) is 0 Å². The highest BCUT2D eigenvalue weighted by Gasteiger charge is 2.43. The average molecular weight is 210 g/mol. The predicted molar refractivity (Wildman–Crippen MR) is 65.1 cm³/mol. The molecule has 0 bridgehead atoms. The van der Waals surface area contributed by atoms with Gasteiger partial charge in [0.15, 0.2) is 0 Å². The minimum atomic E-state index is 0.664. The molecule has 0 amide bonds. The zero-order valence-electron chi connectivity index (χ0n) is 10.6. The lowest BCUT2D eigenvalue weighted by molar-refractivity contribution is 0.194. The molecule has 0 saturated carbocycles. The number of rotatable bonds is 3. The van der Waals surface area contributed by atoms with Crippen molar-refractivity contribution in [1.82, 2.24) is 9.80 Å². The van der Waals surface area contributed by atoms with Gasteiger partial charge in [0.05, 0.1) is 0 Å². The van der Waals surface area contributed by atoms with E-state index in [1.54, 1.807) is 0 Å². The van der Waals surface area contributed by atoms with Crippen LogP contribution in [0.15, 0.2) is 0 Å². The third-order valence-electron chi connectivity index (χ3n) is 4.56. The van der Waals surface area contributed by atoms with E-state index in [9.17, 15) is 0 Å². The number of likely N-dealkylation sites (tertiary alicyclic amines) is 2. The Balaban J connectivity index is 1.94. The standard InChI is InChI=1S/C13H26N2/c1-4-12(5-2)15-9-7-13(11-15)6-8-14(3)10-13/h12H,4-11H2,1-3H3. The summed E-state index contributed by atoms with van der Waals surface area (Å²) in [4.78, 5) is 5.26. The van der Waals surface area contributed by atoms with Gasteiger partial charge in [-0.2, -0.15) is 0 Å². The summed E-state index contributed by atoms with van der Waals surface area (Å²) < 4.78 is 0. The molecule has 0 aromatic heterocycles. The Labute approximate surface area is 94.6 Å². The van der Waals surface area contributed by atoms with E-state index in [-0.39, 0.29) is 0 Å². The topological polar surface area (TPSA) is 6.48 Å². The normalized spacial score (nSPS) is 33.6. The molecule has 0 N–H and O–H groups in total. The van der Waals surface area contributed by atoms with E-state index in [2.05, 4.69) is 30.7 Å². The summed E-state index contributed by atoms with van der Waals surface area (Å²) in [6.45, 7) is 10.0. The van der Waals surface area contributed by atoms with Crippen LogP contribution in [0.3, 0.4) is 0 Å². The zero-order chi connectivity index (χ0) is 10.9. The average Bonchev–Trinajstić information content (AvgIpc) is 2.78. The van der Waals surface area contributed by atoms with Crippen molar-refractivity contribution in [2.75, 3.05) is 33.2 Å². The van der Waals surface area contributed by atoms with Crippen LogP contribution in [0.4, 0.5) is 0 Å². The van der Waals surface area contributed by atoms with E-state index in [0.717, 1.165) is 6.04 Å². The van der Waals surface area contributed by atoms with Gasteiger partial charge >= 0.3 is 0 Å². The molecule has 0 aromatic rings. The summed E-state index contributed by atoms with van der Waals surface area (Å²) in [5.74, 6) is 0. The predicted octanol–water partition coefficient (Wildman–Crippen LogP) is 2.20. The van der Waals surface area contributed by atoms with Crippen molar-refractivity contribution in [3.8, 4) is 0 Å². The lowest BCUT2D eigenvalue weighted by Gasteiger charge is -2.28. The molecule has 2 aliphatic rings. The fourth-order valence-corrected chi connectivity index (χ4v) is 3.58. The molecule has 2 fully saturated rings. The maximum atomic E-state index is 2.75. The molecule has 0 radical (unpaired) electrons. The van der Waals surface area contributed by atoms with Crippen molar-refractivity contribution in [2.24, 2.45) is 5.41 Å². The highest BCUT2D eigenvalue weighted by molar-refractivity contribution is 4.97. The van der Waals surface area contributed by atoms with Crippen molar-refractivity contribution >= 4 is 0 Å². The van der Waals surface area contributed by atoms with E-state index in [0.29, 0.717) is 5.41 Å². The van der Waals surface area contributed by atoms with Crippen LogP contribution in [-0.2, 0) is 0 Å². The van der Waals surface area contributed by atoms with Gasteiger partial charge < -0.3 is 4.90 Å². The molecule has 2 nitrogen and oxygen atoms in total. The van der Waals surface area contributed by atoms with E-state index < -0.39 is 0 Å². The van der Waals surface area contributed by atoms with Gasteiger partial charge in [0.1, 0.15) is 0 Å². The van der Waals surface area contributed by atoms with Crippen LogP contribution in [0.5, 0.6) is 0 Å². The van der Waals surface area contributed by atoms with Crippen LogP contribution in [0.25, 0.3) is 0 Å². The molecule has 0 aliphatic carbocycles. The van der Waals surface area contributed by atoms with Crippen molar-refractivity contribution in [2.45, 2.75) is 45.6 Å². The molecule has 2 aliphatic heterocycles. The Bertz CT molecular complexity index is 213. The van der Waals surface area contributed by atoms with E-state index in [1.807, 2.05) is 0 Å². The lowest BCUT2D eigenvalue weighted by Crippen LogP contribution is -2.35.